The van der Waals surface area contributed by atoms with Crippen molar-refractivity contribution in [2.75, 3.05) is 21.1 Å². The number of alkyl halides is 3. The Morgan fingerprint density at radius 3 is 2.19 bits per heavy atom. The van der Waals surface area contributed by atoms with Crippen molar-refractivity contribution in [1.82, 2.24) is 15.2 Å². The molecule has 27 heavy (non-hydrogen) atoms. The summed E-state index contributed by atoms with van der Waals surface area (Å²) < 4.78 is 37.4. The molecule has 0 heterocycles. The van der Waals surface area contributed by atoms with Gasteiger partial charge in [0.2, 0.25) is 0 Å². The van der Waals surface area contributed by atoms with Gasteiger partial charge in [0, 0.05) is 21.1 Å². The quantitative estimate of drug-likeness (QED) is 0.359. The van der Waals surface area contributed by atoms with Crippen molar-refractivity contribution in [1.29, 1.82) is 0 Å². The highest BCUT2D eigenvalue weighted by Crippen LogP contribution is 2.28. The Balaban J connectivity index is 2.85. The number of nitrogens with one attached hydrogen (secondary N) is 1. The summed E-state index contributed by atoms with van der Waals surface area (Å²) in [5.74, 6) is -1.17. The lowest BCUT2D eigenvalue weighted by molar-refractivity contribution is -0.420. The Labute approximate surface area is 151 Å². The maximum Gasteiger partial charge on any atom is 0.416 e. The molecular formula is C15H16F3N5O4. The molecule has 0 saturated carbocycles. The van der Waals surface area contributed by atoms with Gasteiger partial charge in [0.15, 0.2) is 0 Å². The lowest BCUT2D eigenvalue weighted by Gasteiger charge is -2.18. The van der Waals surface area contributed by atoms with Crippen molar-refractivity contribution in [3.05, 3.63) is 57.4 Å². The second kappa shape index (κ2) is 8.78. The first-order valence-corrected chi connectivity index (χ1v) is 7.25. The molecule has 0 radical (unpaired) electrons. The first-order chi connectivity index (χ1) is 12.4. The van der Waals surface area contributed by atoms with Crippen LogP contribution in [-0.4, -0.2) is 54.0 Å². The van der Waals surface area contributed by atoms with E-state index >= 15 is 0 Å². The average Bonchev–Trinajstić information content (AvgIpc) is 2.59. The number of rotatable bonds is 5. The number of nitrogens with zero attached hydrogens (tertiary/aromatic N) is 4. The van der Waals surface area contributed by atoms with E-state index in [1.165, 1.54) is 14.1 Å². The number of nitro groups is 1. The number of imide groups is 1. The molecule has 146 valence electrons. The Kier molecular flexibility index (Phi) is 7.02. The molecule has 1 N–H and O–H groups in total. The predicted octanol–water partition coefficient (Wildman–Crippen LogP) is 1.89. The molecule has 12 heteroatoms. The Morgan fingerprint density at radius 1 is 1.19 bits per heavy atom. The van der Waals surface area contributed by atoms with E-state index in [0.29, 0.717) is 11.1 Å². The number of hydrazone groups is 1. The zero-order valence-corrected chi connectivity index (χ0v) is 14.5. The molecule has 3 amide bonds. The number of urea groups is 1. The molecule has 0 saturated heterocycles. The SMILES string of the molecule is CN(C)C(=O)N(C)C(=O)/C(=C/N/N=C/c1ccc(C(F)(F)F)cc1)[N+](=O)[O-]. The molecule has 0 aliphatic rings. The molecule has 9 nitrogen and oxygen atoms in total. The molecule has 1 aromatic carbocycles. The van der Waals surface area contributed by atoms with E-state index in [9.17, 15) is 32.9 Å². The van der Waals surface area contributed by atoms with Crippen LogP contribution in [0, 0.1) is 10.1 Å². The Bertz CT molecular complexity index is 773. The monoisotopic (exact) mass is 387 g/mol. The van der Waals surface area contributed by atoms with Crippen LogP contribution in [0.5, 0.6) is 0 Å². The smallest absolute Gasteiger partial charge is 0.330 e. The maximum absolute atomic E-state index is 12.5. The topological polar surface area (TPSA) is 108 Å². The molecule has 0 aromatic heterocycles. The van der Waals surface area contributed by atoms with Gasteiger partial charge in [-0.1, -0.05) is 12.1 Å². The molecule has 0 unspecified atom stereocenters. The highest BCUT2D eigenvalue weighted by Gasteiger charge is 2.30. The third-order valence-corrected chi connectivity index (χ3v) is 3.12. The number of carbonyl (C=O) groups excluding carboxylic acids is 2. The highest BCUT2D eigenvalue weighted by molar-refractivity contribution is 6.01. The summed E-state index contributed by atoms with van der Waals surface area (Å²) in [6.45, 7) is 0. The van der Waals surface area contributed by atoms with E-state index < -0.39 is 34.3 Å². The molecule has 0 bridgehead atoms. The van der Waals surface area contributed by atoms with Gasteiger partial charge in [0.05, 0.1) is 16.7 Å². The fourth-order valence-electron chi connectivity index (χ4n) is 1.72. The number of amides is 3. The minimum Gasteiger partial charge on any atom is -0.330 e. The fraction of sp³-hybridized carbons (Fsp3) is 0.267. The van der Waals surface area contributed by atoms with E-state index in [1.54, 1.807) is 0 Å². The number of likely N-dealkylation sites (N-methyl/N-ethyl adjacent to an activating group) is 1. The van der Waals surface area contributed by atoms with Crippen molar-refractivity contribution in [3.8, 4) is 0 Å². The van der Waals surface area contributed by atoms with E-state index in [2.05, 4.69) is 10.5 Å². The molecular weight excluding hydrogens is 371 g/mol. The van der Waals surface area contributed by atoms with Crippen LogP contribution in [0.3, 0.4) is 0 Å². The second-order valence-corrected chi connectivity index (χ2v) is 5.33. The van der Waals surface area contributed by atoms with Crippen molar-refractivity contribution < 1.29 is 27.7 Å². The first-order valence-electron chi connectivity index (χ1n) is 7.25. The predicted molar refractivity (Wildman–Crippen MR) is 89.1 cm³/mol. The minimum atomic E-state index is -4.46. The number of carbonyl (C=O) groups is 2. The van der Waals surface area contributed by atoms with Gasteiger partial charge in [-0.05, 0) is 17.7 Å². The lowest BCUT2D eigenvalue weighted by atomic mass is 10.1. The highest BCUT2D eigenvalue weighted by atomic mass is 19.4. The van der Waals surface area contributed by atoms with E-state index in [4.69, 9.17) is 0 Å². The van der Waals surface area contributed by atoms with E-state index in [1.807, 2.05) is 0 Å². The van der Waals surface area contributed by atoms with Crippen LogP contribution in [0.2, 0.25) is 0 Å². The van der Waals surface area contributed by atoms with Crippen LogP contribution in [-0.2, 0) is 11.0 Å². The van der Waals surface area contributed by atoms with Crippen LogP contribution < -0.4 is 5.43 Å². The van der Waals surface area contributed by atoms with E-state index in [0.717, 1.165) is 42.4 Å². The summed E-state index contributed by atoms with van der Waals surface area (Å²) in [6.07, 6.45) is -2.69. The summed E-state index contributed by atoms with van der Waals surface area (Å²) in [5, 5.41) is 14.6. The third-order valence-electron chi connectivity index (χ3n) is 3.12. The summed E-state index contributed by atoms with van der Waals surface area (Å²) in [4.78, 5) is 35.3. The van der Waals surface area contributed by atoms with Gasteiger partial charge in [-0.15, -0.1) is 0 Å². The molecule has 1 aromatic rings. The van der Waals surface area contributed by atoms with Crippen LogP contribution in [0.15, 0.2) is 41.3 Å². The zero-order chi connectivity index (χ0) is 20.8. The largest absolute Gasteiger partial charge is 0.416 e. The van der Waals surface area contributed by atoms with Crippen molar-refractivity contribution in [2.24, 2.45) is 5.10 Å². The second-order valence-electron chi connectivity index (χ2n) is 5.33. The number of benzene rings is 1. The van der Waals surface area contributed by atoms with Crippen molar-refractivity contribution in [2.45, 2.75) is 6.18 Å². The van der Waals surface area contributed by atoms with Crippen LogP contribution in [0.4, 0.5) is 18.0 Å². The zero-order valence-electron chi connectivity index (χ0n) is 14.5. The summed E-state index contributed by atoms with van der Waals surface area (Å²) in [5.41, 5.74) is 0.647. The average molecular weight is 387 g/mol. The standard InChI is InChI=1S/C15H16F3N5O4/c1-21(2)14(25)22(3)13(24)12(23(26)27)9-20-19-8-10-4-6-11(7-5-10)15(16,17)18/h4-9,20H,1-3H3/b12-9-,19-8+. The first kappa shape index (κ1) is 21.6. The van der Waals surface area contributed by atoms with Crippen molar-refractivity contribution in [3.63, 3.8) is 0 Å². The van der Waals surface area contributed by atoms with Gasteiger partial charge >= 0.3 is 23.8 Å². The van der Waals surface area contributed by atoms with Gasteiger partial charge in [-0.2, -0.15) is 18.3 Å². The van der Waals surface area contributed by atoms with Gasteiger partial charge in [-0.3, -0.25) is 25.2 Å². The van der Waals surface area contributed by atoms with Gasteiger partial charge < -0.3 is 4.90 Å². The molecule has 0 atom stereocenters. The van der Waals surface area contributed by atoms with Gasteiger partial charge in [0.1, 0.15) is 6.20 Å². The molecule has 1 rings (SSSR count). The van der Waals surface area contributed by atoms with E-state index in [-0.39, 0.29) is 5.56 Å². The number of hydrogen-bond donors (Lipinski definition) is 1. The molecule has 0 fully saturated rings. The lowest BCUT2D eigenvalue weighted by Crippen LogP contribution is -2.42. The summed E-state index contributed by atoms with van der Waals surface area (Å²) in [6, 6.07) is 3.25. The van der Waals surface area contributed by atoms with Crippen LogP contribution in [0.1, 0.15) is 11.1 Å². The van der Waals surface area contributed by atoms with Crippen LogP contribution in [0.25, 0.3) is 0 Å². The normalized spacial score (nSPS) is 12.0. The van der Waals surface area contributed by atoms with Gasteiger partial charge in [0.25, 0.3) is 0 Å². The van der Waals surface area contributed by atoms with Crippen LogP contribution >= 0.6 is 0 Å². The maximum atomic E-state index is 12.5. The minimum absolute atomic E-state index is 0.290. The summed E-state index contributed by atoms with van der Waals surface area (Å²) in [7, 11) is 3.82. The van der Waals surface area contributed by atoms with Crippen molar-refractivity contribution >= 4 is 18.2 Å². The number of halogens is 3. The molecule has 0 aliphatic carbocycles. The Morgan fingerprint density at radius 2 is 1.74 bits per heavy atom. The molecule has 0 spiro atoms. The molecule has 0 aliphatic heterocycles. The Hall–Kier alpha value is -3.44. The third kappa shape index (κ3) is 6.09. The summed E-state index contributed by atoms with van der Waals surface area (Å²) >= 11 is 0. The fourth-order valence-corrected chi connectivity index (χ4v) is 1.72. The van der Waals surface area contributed by atoms with Gasteiger partial charge in [-0.25, -0.2) is 4.79 Å². The number of hydrogen-bond acceptors (Lipinski definition) is 6.